The number of hydrogen-bond donors (Lipinski definition) is 1. The van der Waals surface area contributed by atoms with Crippen LogP contribution in [0.4, 0.5) is 11.4 Å². The molecule has 1 aliphatic heterocycles. The summed E-state index contributed by atoms with van der Waals surface area (Å²) in [6, 6.07) is 8.26. The minimum atomic E-state index is 0.101. The van der Waals surface area contributed by atoms with Gasteiger partial charge in [0.1, 0.15) is 0 Å². The summed E-state index contributed by atoms with van der Waals surface area (Å²) in [4.78, 5) is 19.3. The summed E-state index contributed by atoms with van der Waals surface area (Å²) >= 11 is 0. The second kappa shape index (κ2) is 10.4. The highest BCUT2D eigenvalue weighted by Crippen LogP contribution is 2.19. The van der Waals surface area contributed by atoms with Crippen molar-refractivity contribution in [3.05, 3.63) is 24.3 Å². The molecule has 0 bridgehead atoms. The van der Waals surface area contributed by atoms with Crippen molar-refractivity contribution in [3.8, 4) is 0 Å². The van der Waals surface area contributed by atoms with Crippen molar-refractivity contribution in [2.75, 3.05) is 63.1 Å². The number of benzene rings is 1. The molecule has 1 saturated heterocycles. The van der Waals surface area contributed by atoms with Crippen molar-refractivity contribution in [2.24, 2.45) is 0 Å². The summed E-state index contributed by atoms with van der Waals surface area (Å²) in [6.07, 6.45) is 2.82. The van der Waals surface area contributed by atoms with Crippen LogP contribution in [0, 0.1) is 0 Å². The molecule has 1 aromatic rings. The van der Waals surface area contributed by atoms with E-state index in [4.69, 9.17) is 0 Å². The van der Waals surface area contributed by atoms with Crippen molar-refractivity contribution in [1.29, 1.82) is 0 Å². The lowest BCUT2D eigenvalue weighted by atomic mass is 10.2. The van der Waals surface area contributed by atoms with Crippen LogP contribution < -0.4 is 10.2 Å². The maximum absolute atomic E-state index is 12.2. The van der Waals surface area contributed by atoms with Gasteiger partial charge in [0.15, 0.2) is 0 Å². The van der Waals surface area contributed by atoms with E-state index in [0.717, 1.165) is 64.3 Å². The van der Waals surface area contributed by atoms with Gasteiger partial charge in [-0.25, -0.2) is 0 Å². The maximum atomic E-state index is 12.2. The van der Waals surface area contributed by atoms with Crippen molar-refractivity contribution >= 4 is 17.3 Å². The van der Waals surface area contributed by atoms with E-state index in [1.165, 1.54) is 5.69 Å². The zero-order chi connectivity index (χ0) is 18.1. The Hall–Kier alpha value is -1.59. The Balaban J connectivity index is 1.79. The first kappa shape index (κ1) is 19.7. The minimum Gasteiger partial charge on any atom is -0.369 e. The maximum Gasteiger partial charge on any atom is 0.225 e. The van der Waals surface area contributed by atoms with Gasteiger partial charge in [-0.05, 0) is 57.2 Å². The Morgan fingerprint density at radius 2 is 1.60 bits per heavy atom. The summed E-state index contributed by atoms with van der Waals surface area (Å²) in [6.45, 7) is 11.7. The molecule has 25 heavy (non-hydrogen) atoms. The number of carbonyl (C=O) groups excluding carboxylic acids is 1. The molecule has 0 spiro atoms. The molecule has 2 rings (SSSR count). The van der Waals surface area contributed by atoms with Gasteiger partial charge < -0.3 is 20.0 Å². The quantitative estimate of drug-likeness (QED) is 0.746. The van der Waals surface area contributed by atoms with Crippen LogP contribution in [0.1, 0.15) is 33.1 Å². The minimum absolute atomic E-state index is 0.101. The van der Waals surface area contributed by atoms with Gasteiger partial charge in [-0.2, -0.15) is 0 Å². The first-order valence-electron chi connectivity index (χ1n) is 9.68. The van der Waals surface area contributed by atoms with E-state index in [0.29, 0.717) is 6.42 Å². The van der Waals surface area contributed by atoms with Gasteiger partial charge >= 0.3 is 0 Å². The molecule has 1 amide bonds. The van der Waals surface area contributed by atoms with Crippen LogP contribution in [0.15, 0.2) is 24.3 Å². The van der Waals surface area contributed by atoms with Crippen LogP contribution >= 0.6 is 0 Å². The van der Waals surface area contributed by atoms with E-state index in [2.05, 4.69) is 53.0 Å². The van der Waals surface area contributed by atoms with Crippen LogP contribution in [0.5, 0.6) is 0 Å². The van der Waals surface area contributed by atoms with Gasteiger partial charge in [-0.3, -0.25) is 4.79 Å². The molecule has 0 atom stereocenters. The Labute approximate surface area is 153 Å². The highest BCUT2D eigenvalue weighted by molar-refractivity contribution is 5.91. The number of nitrogens with zero attached hydrogens (tertiary/aromatic N) is 3. The molecule has 0 saturated carbocycles. The molecule has 1 heterocycles. The predicted octanol–water partition coefficient (Wildman–Crippen LogP) is 2.89. The third-order valence-corrected chi connectivity index (χ3v) is 4.75. The highest BCUT2D eigenvalue weighted by atomic mass is 16.1. The topological polar surface area (TPSA) is 38.8 Å². The summed E-state index contributed by atoms with van der Waals surface area (Å²) in [5.74, 6) is 0.101. The summed E-state index contributed by atoms with van der Waals surface area (Å²) in [7, 11) is 2.16. The Kier molecular flexibility index (Phi) is 8.22. The molecule has 1 fully saturated rings. The summed E-state index contributed by atoms with van der Waals surface area (Å²) < 4.78 is 0. The fourth-order valence-corrected chi connectivity index (χ4v) is 3.27. The average molecular weight is 347 g/mol. The van der Waals surface area contributed by atoms with Gasteiger partial charge in [-0.1, -0.05) is 13.8 Å². The van der Waals surface area contributed by atoms with E-state index in [1.807, 2.05) is 12.1 Å². The zero-order valence-electron chi connectivity index (χ0n) is 16.1. The second-order valence-electron chi connectivity index (χ2n) is 6.98. The molecule has 5 heteroatoms. The fraction of sp³-hybridized carbons (Fsp3) is 0.650. The summed E-state index contributed by atoms with van der Waals surface area (Å²) in [5.41, 5.74) is 2.13. The van der Waals surface area contributed by atoms with Crippen LogP contribution in [-0.2, 0) is 4.79 Å². The van der Waals surface area contributed by atoms with Crippen molar-refractivity contribution in [1.82, 2.24) is 9.80 Å². The molecule has 0 unspecified atom stereocenters. The molecule has 0 aliphatic carbocycles. The average Bonchev–Trinajstić information content (AvgIpc) is 2.61. The zero-order valence-corrected chi connectivity index (χ0v) is 16.1. The van der Waals surface area contributed by atoms with Crippen LogP contribution in [0.2, 0.25) is 0 Å². The molecule has 1 aliphatic rings. The highest BCUT2D eigenvalue weighted by Gasteiger charge is 2.14. The van der Waals surface area contributed by atoms with Gasteiger partial charge in [0.05, 0.1) is 0 Å². The van der Waals surface area contributed by atoms with E-state index < -0.39 is 0 Å². The number of nitrogens with one attached hydrogen (secondary N) is 1. The predicted molar refractivity (Wildman–Crippen MR) is 106 cm³/mol. The normalized spacial score (nSPS) is 15.6. The standard InChI is InChI=1S/C20H34N4O/c1-4-11-23(12-5-2)13-10-20(25)21-18-6-8-19(9-7-18)24-16-14-22(3)15-17-24/h6-9H,4-5,10-17H2,1-3H3,(H,21,25). The first-order chi connectivity index (χ1) is 12.1. The third-order valence-electron chi connectivity index (χ3n) is 4.75. The Morgan fingerprint density at radius 3 is 2.16 bits per heavy atom. The molecule has 5 nitrogen and oxygen atoms in total. The van der Waals surface area contributed by atoms with E-state index in [9.17, 15) is 4.79 Å². The lowest BCUT2D eigenvalue weighted by Crippen LogP contribution is -2.44. The summed E-state index contributed by atoms with van der Waals surface area (Å²) in [5, 5.41) is 3.03. The van der Waals surface area contributed by atoms with Crippen LogP contribution in [0.25, 0.3) is 0 Å². The Morgan fingerprint density at radius 1 is 1.00 bits per heavy atom. The van der Waals surface area contributed by atoms with Crippen LogP contribution in [0.3, 0.4) is 0 Å². The lowest BCUT2D eigenvalue weighted by molar-refractivity contribution is -0.116. The number of rotatable bonds is 9. The number of piperazine rings is 1. The monoisotopic (exact) mass is 346 g/mol. The largest absolute Gasteiger partial charge is 0.369 e. The molecule has 0 aromatic heterocycles. The van der Waals surface area contributed by atoms with Crippen molar-refractivity contribution in [2.45, 2.75) is 33.1 Å². The first-order valence-corrected chi connectivity index (χ1v) is 9.68. The smallest absolute Gasteiger partial charge is 0.225 e. The Bertz CT molecular complexity index is 503. The number of likely N-dealkylation sites (N-methyl/N-ethyl adjacent to an activating group) is 1. The molecule has 0 radical (unpaired) electrons. The molecular formula is C20H34N4O. The lowest BCUT2D eigenvalue weighted by Gasteiger charge is -2.34. The molecule has 140 valence electrons. The van der Waals surface area contributed by atoms with Gasteiger partial charge in [-0.15, -0.1) is 0 Å². The van der Waals surface area contributed by atoms with E-state index in [-0.39, 0.29) is 5.91 Å². The molecule has 1 aromatic carbocycles. The number of hydrogen-bond acceptors (Lipinski definition) is 4. The van der Waals surface area contributed by atoms with Crippen molar-refractivity contribution < 1.29 is 4.79 Å². The SMILES string of the molecule is CCCN(CCC)CCC(=O)Nc1ccc(N2CCN(C)CC2)cc1. The number of amides is 1. The molecular weight excluding hydrogens is 312 g/mol. The molecule has 1 N–H and O–H groups in total. The second-order valence-corrected chi connectivity index (χ2v) is 6.98. The van der Waals surface area contributed by atoms with E-state index >= 15 is 0 Å². The van der Waals surface area contributed by atoms with E-state index in [1.54, 1.807) is 0 Å². The number of carbonyl (C=O) groups is 1. The fourth-order valence-electron chi connectivity index (χ4n) is 3.27. The van der Waals surface area contributed by atoms with Gasteiger partial charge in [0, 0.05) is 50.5 Å². The third kappa shape index (κ3) is 6.67. The van der Waals surface area contributed by atoms with Gasteiger partial charge in [0.2, 0.25) is 5.91 Å². The van der Waals surface area contributed by atoms with Crippen molar-refractivity contribution in [3.63, 3.8) is 0 Å². The number of anilines is 2. The van der Waals surface area contributed by atoms with Gasteiger partial charge in [0.25, 0.3) is 0 Å². The van der Waals surface area contributed by atoms with Crippen LogP contribution in [-0.4, -0.2) is 68.6 Å².